The van der Waals surface area contributed by atoms with E-state index >= 15 is 0 Å². The quantitative estimate of drug-likeness (QED) is 0.158. The molecule has 0 aliphatic carbocycles. The molecule has 6 heteroatoms. The Kier molecular flexibility index (Phi) is 2.62. The van der Waals surface area contributed by atoms with Crippen molar-refractivity contribution in [3.05, 3.63) is 0 Å². The highest BCUT2D eigenvalue weighted by atomic mass is 16.2. The van der Waals surface area contributed by atoms with E-state index in [0.717, 1.165) is 0 Å². The summed E-state index contributed by atoms with van der Waals surface area (Å²) in [7, 11) is 0. The van der Waals surface area contributed by atoms with E-state index in [-0.39, 0.29) is 5.96 Å². The van der Waals surface area contributed by atoms with Gasteiger partial charge in [-0.05, 0) is 0 Å². The van der Waals surface area contributed by atoms with Gasteiger partial charge in [-0.15, -0.1) is 0 Å². The molecule has 0 fully saturated rings. The van der Waals surface area contributed by atoms with Gasteiger partial charge in [0.2, 0.25) is 0 Å². The Morgan fingerprint density at radius 2 is 2.22 bits per heavy atom. The van der Waals surface area contributed by atoms with Crippen molar-refractivity contribution < 1.29 is 4.79 Å². The average Bonchev–Trinajstić information content (AvgIpc) is 1.63. The van der Waals surface area contributed by atoms with Crippen molar-refractivity contribution >= 4 is 12.0 Å². The van der Waals surface area contributed by atoms with Gasteiger partial charge in [0.25, 0.3) is 0 Å². The lowest BCUT2D eigenvalue weighted by atomic mass is 10.9. The smallest absolute Gasteiger partial charge is 0.357 e. The Morgan fingerprint density at radius 3 is 2.56 bits per heavy atom. The summed E-state index contributed by atoms with van der Waals surface area (Å²) in [4.78, 5) is 13.1. The number of hydrogen-bond donors (Lipinski definition) is 3. The Balaban J connectivity index is 3.81. The Bertz CT molecular complexity index is 173. The number of rotatable bonds is 0. The second kappa shape index (κ2) is 3.26. The van der Waals surface area contributed by atoms with Crippen molar-refractivity contribution in [1.82, 2.24) is 5.32 Å². The molecule has 0 bridgehead atoms. The number of nitrogens with one attached hydrogen (secondary N) is 1. The average molecular weight is 127 g/mol. The first-order chi connectivity index (χ1) is 4.16. The number of aliphatic imine (C=N–C) groups is 1. The molecule has 6 nitrogen and oxygen atoms in total. The van der Waals surface area contributed by atoms with Gasteiger partial charge in [0, 0.05) is 0 Å². The topological polar surface area (TPSA) is 117 Å². The van der Waals surface area contributed by atoms with Gasteiger partial charge in [-0.3, -0.25) is 0 Å². The fourth-order valence-corrected chi connectivity index (χ4v) is 0.193. The van der Waals surface area contributed by atoms with Crippen molar-refractivity contribution in [2.45, 2.75) is 0 Å². The van der Waals surface area contributed by atoms with E-state index in [2.05, 4.69) is 4.99 Å². The zero-order chi connectivity index (χ0) is 7.28. The highest BCUT2D eigenvalue weighted by Gasteiger charge is 1.92. The lowest BCUT2D eigenvalue weighted by molar-refractivity contribution is 0.252. The predicted octanol–water partition coefficient (Wildman–Crippen LogP) is -1.55. The van der Waals surface area contributed by atoms with Crippen LogP contribution in [0.2, 0.25) is 0 Å². The number of amides is 2. The molecule has 0 aromatic heterocycles. The van der Waals surface area contributed by atoms with Crippen molar-refractivity contribution in [2.75, 3.05) is 0 Å². The van der Waals surface area contributed by atoms with E-state index < -0.39 is 6.03 Å². The maximum atomic E-state index is 10.2. The summed E-state index contributed by atoms with van der Waals surface area (Å²) in [5.41, 5.74) is 9.56. The number of guanidine groups is 1. The predicted molar refractivity (Wildman–Crippen MR) is 30.0 cm³/mol. The molecular formula is C3H5N5O. The van der Waals surface area contributed by atoms with Crippen LogP contribution in [0.15, 0.2) is 4.99 Å². The summed E-state index contributed by atoms with van der Waals surface area (Å²) in [5, 5.41) is 9.51. The van der Waals surface area contributed by atoms with Crippen LogP contribution in [-0.4, -0.2) is 12.0 Å². The minimum Gasteiger partial charge on any atom is -0.370 e. The zero-order valence-corrected chi connectivity index (χ0v) is 4.46. The second-order valence-electron chi connectivity index (χ2n) is 1.08. The maximum absolute atomic E-state index is 10.2. The monoisotopic (exact) mass is 127 g/mol. The summed E-state index contributed by atoms with van der Waals surface area (Å²) in [6, 6.07) is -0.863. The summed E-state index contributed by atoms with van der Waals surface area (Å²) in [6.45, 7) is 0. The first-order valence-corrected chi connectivity index (χ1v) is 1.95. The van der Waals surface area contributed by atoms with Gasteiger partial charge in [0.1, 0.15) is 0 Å². The molecule has 48 valence electrons. The van der Waals surface area contributed by atoms with E-state index in [4.69, 9.17) is 16.7 Å². The number of hydrogen-bond acceptors (Lipinski definition) is 2. The van der Waals surface area contributed by atoms with Crippen LogP contribution in [0.25, 0.3) is 0 Å². The standard InChI is InChI=1S/C3H5N5O/c4-1-7-3(9)8-2(5)6/h(H5,5,6,7,8,9). The van der Waals surface area contributed by atoms with E-state index in [1.165, 1.54) is 6.19 Å². The molecule has 0 aromatic carbocycles. The third-order valence-electron chi connectivity index (χ3n) is 0.393. The van der Waals surface area contributed by atoms with Crippen LogP contribution in [0, 0.1) is 11.5 Å². The van der Waals surface area contributed by atoms with Gasteiger partial charge in [-0.1, -0.05) is 0 Å². The molecule has 0 aliphatic rings. The van der Waals surface area contributed by atoms with Crippen LogP contribution in [-0.2, 0) is 0 Å². The molecule has 9 heavy (non-hydrogen) atoms. The Hall–Kier alpha value is -1.77. The number of carbonyl (C=O) groups is 1. The number of nitrogens with two attached hydrogens (primary N) is 2. The molecule has 0 heterocycles. The lowest BCUT2D eigenvalue weighted by Crippen LogP contribution is -2.26. The van der Waals surface area contributed by atoms with Gasteiger partial charge in [0.05, 0.1) is 0 Å². The molecule has 0 spiro atoms. The van der Waals surface area contributed by atoms with E-state index in [9.17, 15) is 4.79 Å². The van der Waals surface area contributed by atoms with Crippen LogP contribution in [0.1, 0.15) is 0 Å². The van der Waals surface area contributed by atoms with Crippen molar-refractivity contribution in [3.63, 3.8) is 0 Å². The number of urea groups is 1. The first-order valence-electron chi connectivity index (χ1n) is 1.95. The zero-order valence-electron chi connectivity index (χ0n) is 4.46. The maximum Gasteiger partial charge on any atom is 0.357 e. The highest BCUT2D eigenvalue weighted by Crippen LogP contribution is 1.67. The van der Waals surface area contributed by atoms with E-state index in [1.807, 2.05) is 0 Å². The van der Waals surface area contributed by atoms with Gasteiger partial charge in [-0.25, -0.2) is 10.1 Å². The van der Waals surface area contributed by atoms with Crippen molar-refractivity contribution in [2.24, 2.45) is 16.5 Å². The molecule has 0 saturated carbocycles. The molecule has 0 saturated heterocycles. The van der Waals surface area contributed by atoms with Crippen LogP contribution < -0.4 is 16.8 Å². The fourth-order valence-electron chi connectivity index (χ4n) is 0.193. The third kappa shape index (κ3) is 4.08. The SMILES string of the molecule is N#CNC(=O)N=C(N)N. The lowest BCUT2D eigenvalue weighted by Gasteiger charge is -1.86. The van der Waals surface area contributed by atoms with Gasteiger partial charge in [0.15, 0.2) is 12.2 Å². The van der Waals surface area contributed by atoms with Crippen molar-refractivity contribution in [1.29, 1.82) is 5.26 Å². The van der Waals surface area contributed by atoms with Gasteiger partial charge >= 0.3 is 6.03 Å². The number of nitriles is 1. The largest absolute Gasteiger partial charge is 0.370 e. The second-order valence-corrected chi connectivity index (χ2v) is 1.08. The minimum absolute atomic E-state index is 0.372. The molecule has 0 radical (unpaired) electrons. The summed E-state index contributed by atoms with van der Waals surface area (Å²) in [5.74, 6) is -0.372. The van der Waals surface area contributed by atoms with Gasteiger partial charge < -0.3 is 11.5 Å². The molecule has 2 amide bonds. The minimum atomic E-state index is -0.863. The van der Waals surface area contributed by atoms with Gasteiger partial charge in [-0.2, -0.15) is 10.3 Å². The number of carbonyl (C=O) groups excluding carboxylic acids is 1. The van der Waals surface area contributed by atoms with Crippen LogP contribution >= 0.6 is 0 Å². The first kappa shape index (κ1) is 7.23. The highest BCUT2D eigenvalue weighted by molar-refractivity contribution is 5.90. The molecular weight excluding hydrogens is 122 g/mol. The molecule has 0 atom stereocenters. The van der Waals surface area contributed by atoms with Crippen LogP contribution in [0.5, 0.6) is 0 Å². The third-order valence-corrected chi connectivity index (χ3v) is 0.393. The normalized spacial score (nSPS) is 7.00. The Labute approximate surface area is 51.1 Å². The van der Waals surface area contributed by atoms with Crippen LogP contribution in [0.3, 0.4) is 0 Å². The van der Waals surface area contributed by atoms with E-state index in [0.29, 0.717) is 0 Å². The summed E-state index contributed by atoms with van der Waals surface area (Å²) in [6.07, 6.45) is 1.36. The molecule has 0 unspecified atom stereocenters. The molecule has 0 aromatic rings. The van der Waals surface area contributed by atoms with Crippen molar-refractivity contribution in [3.8, 4) is 6.19 Å². The summed E-state index contributed by atoms with van der Waals surface area (Å²) >= 11 is 0. The summed E-state index contributed by atoms with van der Waals surface area (Å²) < 4.78 is 0. The van der Waals surface area contributed by atoms with Crippen LogP contribution in [0.4, 0.5) is 4.79 Å². The molecule has 0 rings (SSSR count). The Morgan fingerprint density at radius 1 is 1.67 bits per heavy atom. The molecule has 0 aliphatic heterocycles. The number of nitrogens with zero attached hydrogens (tertiary/aromatic N) is 2. The fraction of sp³-hybridized carbons (Fsp3) is 0. The van der Waals surface area contributed by atoms with E-state index in [1.54, 1.807) is 5.32 Å². The molecule has 5 N–H and O–H groups in total.